The second-order valence-corrected chi connectivity index (χ2v) is 7.86. The summed E-state index contributed by atoms with van der Waals surface area (Å²) in [4.78, 5) is 70.9. The molecule has 30 heavy (non-hydrogen) atoms. The molecule has 0 radical (unpaired) electrons. The van der Waals surface area contributed by atoms with Crippen molar-refractivity contribution in [2.75, 3.05) is 32.6 Å². The summed E-state index contributed by atoms with van der Waals surface area (Å²) in [6.07, 6.45) is 0.398. The molecule has 0 aromatic carbocycles. The van der Waals surface area contributed by atoms with Crippen molar-refractivity contribution in [3.05, 3.63) is 12.2 Å². The summed E-state index contributed by atoms with van der Waals surface area (Å²) in [5.41, 5.74) is -1.26. The van der Waals surface area contributed by atoms with E-state index < -0.39 is 47.1 Å². The van der Waals surface area contributed by atoms with Crippen molar-refractivity contribution in [3.63, 3.8) is 0 Å². The first-order valence-corrected chi connectivity index (χ1v) is 9.90. The first-order chi connectivity index (χ1) is 14.1. The molecule has 11 nitrogen and oxygen atoms in total. The number of nitrogens with one attached hydrogen (secondary N) is 2. The molecular weight excluding hydrogens is 420 g/mol. The Morgan fingerprint density at radius 3 is 2.50 bits per heavy atom. The van der Waals surface area contributed by atoms with Crippen molar-refractivity contribution in [2.45, 2.75) is 26.4 Å². The van der Waals surface area contributed by atoms with E-state index in [1.807, 2.05) is 0 Å². The van der Waals surface area contributed by atoms with E-state index in [2.05, 4.69) is 15.4 Å². The number of cyclic esters (lactones) is 1. The van der Waals surface area contributed by atoms with E-state index in [4.69, 9.17) is 9.47 Å². The summed E-state index contributed by atoms with van der Waals surface area (Å²) in [5.74, 6) is -4.20. The zero-order valence-corrected chi connectivity index (χ0v) is 17.7. The van der Waals surface area contributed by atoms with E-state index >= 15 is 0 Å². The number of methoxy groups -OCH3 is 1. The van der Waals surface area contributed by atoms with Crippen LogP contribution in [0, 0.1) is 5.41 Å². The molecule has 0 aromatic rings. The fraction of sp³-hybridized carbons (Fsp3) is 0.556. The predicted octanol–water partition coefficient (Wildman–Crippen LogP) is -0.907. The fourth-order valence-corrected chi connectivity index (χ4v) is 2.77. The summed E-state index contributed by atoms with van der Waals surface area (Å²) in [5, 5.41) is 4.66. The lowest BCUT2D eigenvalue weighted by Crippen LogP contribution is -2.49. The average Bonchev–Trinajstić information content (AvgIpc) is 2.70. The second-order valence-electron chi connectivity index (χ2n) is 6.77. The van der Waals surface area contributed by atoms with E-state index in [1.165, 1.54) is 13.8 Å². The average molecular weight is 444 g/mol. The molecule has 1 rings (SSSR count). The van der Waals surface area contributed by atoms with Crippen LogP contribution in [0.1, 0.15) is 20.3 Å². The topological polar surface area (TPSA) is 154 Å². The molecule has 1 aliphatic heterocycles. The number of hydrogen-bond acceptors (Lipinski definition) is 10. The SMILES string of the molecule is COC(=O)C(=O)OCC(C)(C)[C@H]1OC(=O)/C=C/C(=O)SCCNC(=O)CCNC1=O. The lowest BCUT2D eigenvalue weighted by atomic mass is 9.86. The Hall–Kier alpha value is -2.89. The Kier molecular flexibility index (Phi) is 10.0. The maximum absolute atomic E-state index is 12.6. The molecule has 1 atom stereocenters. The summed E-state index contributed by atoms with van der Waals surface area (Å²) in [6, 6.07) is 0. The van der Waals surface area contributed by atoms with Crippen LogP contribution in [0.4, 0.5) is 0 Å². The lowest BCUT2D eigenvalue weighted by Gasteiger charge is -2.31. The van der Waals surface area contributed by atoms with Gasteiger partial charge in [0.25, 0.3) is 5.91 Å². The summed E-state index contributed by atoms with van der Waals surface area (Å²) in [7, 11) is 1.01. The third-order valence-corrected chi connectivity index (χ3v) is 4.61. The van der Waals surface area contributed by atoms with Gasteiger partial charge in [-0.2, -0.15) is 0 Å². The Balaban J connectivity index is 2.99. The summed E-state index contributed by atoms with van der Waals surface area (Å²) < 4.78 is 14.3. The van der Waals surface area contributed by atoms with Gasteiger partial charge in [-0.15, -0.1) is 0 Å². The van der Waals surface area contributed by atoms with E-state index in [9.17, 15) is 28.8 Å². The minimum atomic E-state index is -1.45. The number of amides is 2. The highest BCUT2D eigenvalue weighted by Gasteiger charge is 2.40. The van der Waals surface area contributed by atoms with Crippen LogP contribution < -0.4 is 10.6 Å². The molecule has 1 heterocycles. The highest BCUT2D eigenvalue weighted by Crippen LogP contribution is 2.25. The zero-order valence-electron chi connectivity index (χ0n) is 16.9. The van der Waals surface area contributed by atoms with Gasteiger partial charge in [0.1, 0.15) is 6.61 Å². The Morgan fingerprint density at radius 1 is 1.13 bits per heavy atom. The van der Waals surface area contributed by atoms with Crippen molar-refractivity contribution >= 4 is 46.6 Å². The van der Waals surface area contributed by atoms with Gasteiger partial charge in [0.2, 0.25) is 11.0 Å². The number of carbonyl (C=O) groups is 6. The molecule has 0 saturated carbocycles. The van der Waals surface area contributed by atoms with Gasteiger partial charge in [-0.3, -0.25) is 14.4 Å². The Bertz CT molecular complexity index is 733. The molecule has 2 N–H and O–H groups in total. The molecule has 0 bridgehead atoms. The number of thioether (sulfide) groups is 1. The van der Waals surface area contributed by atoms with Crippen LogP contribution in [0.15, 0.2) is 12.2 Å². The Morgan fingerprint density at radius 2 is 1.83 bits per heavy atom. The predicted molar refractivity (Wildman–Crippen MR) is 104 cm³/mol. The van der Waals surface area contributed by atoms with E-state index in [1.54, 1.807) is 0 Å². The third kappa shape index (κ3) is 8.64. The van der Waals surface area contributed by atoms with Gasteiger partial charge in [-0.05, 0) is 6.08 Å². The zero-order chi connectivity index (χ0) is 22.7. The third-order valence-electron chi connectivity index (χ3n) is 3.78. The minimum absolute atomic E-state index is 0.0268. The molecule has 0 fully saturated rings. The largest absolute Gasteiger partial charge is 0.461 e. The van der Waals surface area contributed by atoms with Crippen LogP contribution in [-0.2, 0) is 43.0 Å². The summed E-state index contributed by atoms with van der Waals surface area (Å²) in [6.45, 7) is 2.72. The molecular formula is C18H24N2O9S. The number of ether oxygens (including phenoxy) is 3. The molecule has 1 aliphatic rings. The van der Waals surface area contributed by atoms with E-state index in [0.29, 0.717) is 5.75 Å². The van der Waals surface area contributed by atoms with Crippen LogP contribution >= 0.6 is 11.8 Å². The smallest absolute Gasteiger partial charge is 0.417 e. The van der Waals surface area contributed by atoms with Gasteiger partial charge in [-0.1, -0.05) is 25.6 Å². The van der Waals surface area contributed by atoms with Gasteiger partial charge in [0, 0.05) is 36.8 Å². The van der Waals surface area contributed by atoms with Crippen molar-refractivity contribution in [1.82, 2.24) is 10.6 Å². The monoisotopic (exact) mass is 444 g/mol. The normalized spacial score (nSPS) is 20.6. The van der Waals surface area contributed by atoms with Gasteiger partial charge in [0.05, 0.1) is 7.11 Å². The van der Waals surface area contributed by atoms with Crippen molar-refractivity contribution in [2.24, 2.45) is 5.41 Å². The molecule has 166 valence electrons. The van der Waals surface area contributed by atoms with Gasteiger partial charge in [0.15, 0.2) is 6.10 Å². The molecule has 0 aromatic heterocycles. The molecule has 2 amide bonds. The first-order valence-electron chi connectivity index (χ1n) is 8.91. The molecule has 0 unspecified atom stereocenters. The van der Waals surface area contributed by atoms with Gasteiger partial charge < -0.3 is 24.8 Å². The number of esters is 3. The highest BCUT2D eigenvalue weighted by molar-refractivity contribution is 8.14. The van der Waals surface area contributed by atoms with Gasteiger partial charge >= 0.3 is 17.9 Å². The maximum Gasteiger partial charge on any atom is 0.417 e. The number of carbonyl (C=O) groups excluding carboxylic acids is 6. The van der Waals surface area contributed by atoms with Crippen LogP contribution in [-0.4, -0.2) is 73.5 Å². The lowest BCUT2D eigenvalue weighted by molar-refractivity contribution is -0.173. The van der Waals surface area contributed by atoms with Gasteiger partial charge in [-0.25, -0.2) is 14.4 Å². The highest BCUT2D eigenvalue weighted by atomic mass is 32.2. The maximum atomic E-state index is 12.6. The first kappa shape index (κ1) is 25.1. The quantitative estimate of drug-likeness (QED) is 0.318. The van der Waals surface area contributed by atoms with Crippen molar-refractivity contribution in [3.8, 4) is 0 Å². The van der Waals surface area contributed by atoms with Crippen LogP contribution in [0.5, 0.6) is 0 Å². The number of hydrogen-bond donors (Lipinski definition) is 2. The second kappa shape index (κ2) is 12.0. The Labute approximate surface area is 177 Å². The van der Waals surface area contributed by atoms with Crippen LogP contribution in [0.2, 0.25) is 0 Å². The van der Waals surface area contributed by atoms with Crippen LogP contribution in [0.25, 0.3) is 0 Å². The molecule has 0 saturated heterocycles. The molecule has 12 heteroatoms. The number of rotatable bonds is 3. The fourth-order valence-electron chi connectivity index (χ4n) is 2.20. The summed E-state index contributed by atoms with van der Waals surface area (Å²) >= 11 is 0.903. The van der Waals surface area contributed by atoms with Crippen molar-refractivity contribution in [1.29, 1.82) is 0 Å². The molecule has 0 aliphatic carbocycles. The minimum Gasteiger partial charge on any atom is -0.461 e. The molecule has 0 spiro atoms. The van der Waals surface area contributed by atoms with E-state index in [-0.39, 0.29) is 25.4 Å². The van der Waals surface area contributed by atoms with E-state index in [0.717, 1.165) is 31.0 Å². The van der Waals surface area contributed by atoms with Crippen molar-refractivity contribution < 1.29 is 43.0 Å². The van der Waals surface area contributed by atoms with Crippen LogP contribution in [0.3, 0.4) is 0 Å². The standard InChI is InChI=1S/C18H24N2O9S/c1-18(2,10-28-17(26)16(25)27-3)14-15(24)20-7-6-11(21)19-8-9-30-13(23)5-4-12(22)29-14/h4-5,14H,6-10H2,1-3H3,(H,19,21)(H,20,24)/b5-4+/t14-/m0/s1.